The lowest BCUT2D eigenvalue weighted by atomic mass is 9.71. The lowest BCUT2D eigenvalue weighted by molar-refractivity contribution is 0.0701. The second-order valence-electron chi connectivity index (χ2n) is 14.8. The molecule has 0 unspecified atom stereocenters. The van der Waals surface area contributed by atoms with Crippen molar-refractivity contribution in [3.8, 4) is 22.5 Å². The molecule has 4 aromatic rings. The molecule has 2 aromatic heterocycles. The van der Waals surface area contributed by atoms with Gasteiger partial charge in [0.2, 0.25) is 0 Å². The summed E-state index contributed by atoms with van der Waals surface area (Å²) in [6.07, 6.45) is 6.99. The summed E-state index contributed by atoms with van der Waals surface area (Å²) in [7, 11) is 0. The number of piperidine rings is 2. The molecule has 5 heterocycles. The number of aliphatic hydroxyl groups is 1. The van der Waals surface area contributed by atoms with Gasteiger partial charge in [0.05, 0.1) is 11.8 Å². The van der Waals surface area contributed by atoms with Crippen LogP contribution in [0.1, 0.15) is 57.1 Å². The molecule has 3 aliphatic rings. The van der Waals surface area contributed by atoms with Gasteiger partial charge >= 0.3 is 6.03 Å². The van der Waals surface area contributed by atoms with Crippen LogP contribution in [0.5, 0.6) is 0 Å². The fourth-order valence-electron chi connectivity index (χ4n) is 8.11. The van der Waals surface area contributed by atoms with E-state index in [9.17, 15) is 9.90 Å². The number of nitrogens with zero attached hydrogens (tertiary/aromatic N) is 4. The number of β-amino-alcohol motifs (C(OH)–C–C–N with tert-alkyl or cyclic N) is 1. The number of rotatable bonds is 7. The Morgan fingerprint density at radius 1 is 1.06 bits per heavy atom. The van der Waals surface area contributed by atoms with Gasteiger partial charge in [-0.3, -0.25) is 4.90 Å². The molecular formula is C38H48FN7O2. The molecule has 2 aromatic carbocycles. The minimum atomic E-state index is -0.558. The Hall–Kier alpha value is -3.86. The minimum Gasteiger partial charge on any atom is -0.391 e. The van der Waals surface area contributed by atoms with Crippen LogP contribution in [-0.4, -0.2) is 81.3 Å². The Morgan fingerprint density at radius 2 is 1.81 bits per heavy atom. The molecular weight excluding hydrogens is 605 g/mol. The second-order valence-corrected chi connectivity index (χ2v) is 14.8. The first-order valence-corrected chi connectivity index (χ1v) is 17.6. The summed E-state index contributed by atoms with van der Waals surface area (Å²) in [5.74, 6) is -0.00627. The fraction of sp³-hybridized carbons (Fsp3) is 0.500. The van der Waals surface area contributed by atoms with Crippen LogP contribution in [0.15, 0.2) is 48.8 Å². The van der Waals surface area contributed by atoms with Gasteiger partial charge in [-0.1, -0.05) is 38.1 Å². The molecule has 3 fully saturated rings. The van der Waals surface area contributed by atoms with Gasteiger partial charge in [0.1, 0.15) is 17.8 Å². The number of likely N-dealkylation sites (tertiary alicyclic amines) is 2. The zero-order valence-corrected chi connectivity index (χ0v) is 28.4. The van der Waals surface area contributed by atoms with Crippen LogP contribution in [0.2, 0.25) is 0 Å². The molecule has 0 radical (unpaired) electrons. The number of carbonyl (C=O) groups is 1. The van der Waals surface area contributed by atoms with Crippen molar-refractivity contribution in [2.45, 2.75) is 65.5 Å². The Kier molecular flexibility index (Phi) is 9.24. The normalized spacial score (nSPS) is 21.4. The smallest absolute Gasteiger partial charge is 0.321 e. The van der Waals surface area contributed by atoms with E-state index in [2.05, 4.69) is 68.6 Å². The third kappa shape index (κ3) is 6.84. The van der Waals surface area contributed by atoms with Crippen molar-refractivity contribution in [2.75, 3.05) is 44.6 Å². The SMILES string of the molecule is Cc1c(NC(=O)N2C[C@H](CC(C)C)[C@@H](O)C2)cc(F)cc1-c1ncnc2[nH]c(-c3ccc(CN4CCC5(CCNCC5)CC4)cc3)cc12. The summed E-state index contributed by atoms with van der Waals surface area (Å²) >= 11 is 0. The van der Waals surface area contributed by atoms with Crippen LogP contribution in [0.25, 0.3) is 33.5 Å². The molecule has 7 rings (SSSR count). The first-order chi connectivity index (χ1) is 23.2. The average Bonchev–Trinajstić information content (AvgIpc) is 3.68. The van der Waals surface area contributed by atoms with E-state index in [-0.39, 0.29) is 18.5 Å². The second kappa shape index (κ2) is 13.6. The highest BCUT2D eigenvalue weighted by Crippen LogP contribution is 2.40. The lowest BCUT2D eigenvalue weighted by Gasteiger charge is -2.44. The highest BCUT2D eigenvalue weighted by Gasteiger charge is 2.36. The summed E-state index contributed by atoms with van der Waals surface area (Å²) in [6, 6.07) is 13.2. The summed E-state index contributed by atoms with van der Waals surface area (Å²) in [6.45, 7) is 12.4. The third-order valence-corrected chi connectivity index (χ3v) is 11.0. The summed E-state index contributed by atoms with van der Waals surface area (Å²) in [5, 5.41) is 17.7. The maximum Gasteiger partial charge on any atom is 0.321 e. The van der Waals surface area contributed by atoms with Gasteiger partial charge in [0.15, 0.2) is 0 Å². The number of benzene rings is 2. The van der Waals surface area contributed by atoms with E-state index in [0.717, 1.165) is 55.8 Å². The van der Waals surface area contributed by atoms with Crippen molar-refractivity contribution in [3.63, 3.8) is 0 Å². The van der Waals surface area contributed by atoms with Crippen LogP contribution in [0.4, 0.5) is 14.9 Å². The molecule has 10 heteroatoms. The lowest BCUT2D eigenvalue weighted by Crippen LogP contribution is -2.45. The van der Waals surface area contributed by atoms with Gasteiger partial charge in [-0.05, 0) is 111 Å². The molecule has 9 nitrogen and oxygen atoms in total. The van der Waals surface area contributed by atoms with E-state index in [1.165, 1.54) is 49.7 Å². The minimum absolute atomic E-state index is 0.0369. The van der Waals surface area contributed by atoms with E-state index in [4.69, 9.17) is 0 Å². The number of hydrogen-bond donors (Lipinski definition) is 4. The number of aromatic amines is 1. The van der Waals surface area contributed by atoms with Crippen LogP contribution >= 0.6 is 0 Å². The van der Waals surface area contributed by atoms with Gasteiger partial charge in [0, 0.05) is 47.9 Å². The number of H-pyrrole nitrogens is 1. The monoisotopic (exact) mass is 653 g/mol. The largest absolute Gasteiger partial charge is 0.391 e. The number of aromatic nitrogens is 3. The molecule has 2 amide bonds. The molecule has 3 aliphatic heterocycles. The first kappa shape index (κ1) is 32.7. The molecule has 3 saturated heterocycles. The zero-order chi connectivity index (χ0) is 33.4. The average molecular weight is 654 g/mol. The van der Waals surface area contributed by atoms with Crippen LogP contribution in [0.3, 0.4) is 0 Å². The van der Waals surface area contributed by atoms with Gasteiger partial charge < -0.3 is 25.6 Å². The zero-order valence-electron chi connectivity index (χ0n) is 28.4. The van der Waals surface area contributed by atoms with Crippen LogP contribution in [-0.2, 0) is 6.54 Å². The summed E-state index contributed by atoms with van der Waals surface area (Å²) < 4.78 is 15.1. The molecule has 254 valence electrons. The predicted octanol–water partition coefficient (Wildman–Crippen LogP) is 6.58. The number of carbonyl (C=O) groups excluding carboxylic acids is 1. The highest BCUT2D eigenvalue weighted by molar-refractivity contribution is 5.97. The molecule has 2 atom stereocenters. The number of aliphatic hydroxyl groups excluding tert-OH is 1. The van der Waals surface area contributed by atoms with Crippen molar-refractivity contribution in [2.24, 2.45) is 17.3 Å². The van der Waals surface area contributed by atoms with Gasteiger partial charge in [-0.25, -0.2) is 19.2 Å². The van der Waals surface area contributed by atoms with E-state index in [0.29, 0.717) is 46.0 Å². The number of fused-ring (bicyclic) bond motifs is 1. The Labute approximate surface area is 282 Å². The number of anilines is 1. The Morgan fingerprint density at radius 3 is 2.54 bits per heavy atom. The molecule has 0 bridgehead atoms. The maximum atomic E-state index is 15.1. The summed E-state index contributed by atoms with van der Waals surface area (Å²) in [4.78, 5) is 29.9. The Bertz CT molecular complexity index is 1750. The van der Waals surface area contributed by atoms with E-state index in [1.54, 1.807) is 4.90 Å². The number of amides is 2. The molecule has 0 aliphatic carbocycles. The topological polar surface area (TPSA) is 109 Å². The quantitative estimate of drug-likeness (QED) is 0.180. The number of hydrogen-bond acceptors (Lipinski definition) is 6. The van der Waals surface area contributed by atoms with Crippen LogP contribution in [0, 0.1) is 30.0 Å². The standard InChI is InChI=1S/C38H48FN7O2/c1-24(2)16-28-21-46(22-34(28)47)37(48)44-32-18-29(39)17-30(25(32)3)35-31-19-33(43-36(31)42-23-41-35)27-6-4-26(5-7-27)20-45-14-10-38(11-15-45)8-12-40-13-9-38/h4-7,17-19,23-24,28,34,40,47H,8-16,20-22H2,1-3H3,(H,44,48)(H,41,42,43)/t28-,34-/m0/s1. The molecule has 48 heavy (non-hydrogen) atoms. The van der Waals surface area contributed by atoms with E-state index >= 15 is 4.39 Å². The van der Waals surface area contributed by atoms with E-state index < -0.39 is 11.9 Å². The van der Waals surface area contributed by atoms with Crippen molar-refractivity contribution < 1.29 is 14.3 Å². The van der Waals surface area contributed by atoms with Crippen molar-refractivity contribution in [1.29, 1.82) is 0 Å². The van der Waals surface area contributed by atoms with Gasteiger partial charge in [-0.2, -0.15) is 0 Å². The van der Waals surface area contributed by atoms with Crippen LogP contribution < -0.4 is 10.6 Å². The van der Waals surface area contributed by atoms with Gasteiger partial charge in [0.25, 0.3) is 0 Å². The third-order valence-electron chi connectivity index (χ3n) is 11.0. The van der Waals surface area contributed by atoms with Gasteiger partial charge in [-0.15, -0.1) is 0 Å². The fourth-order valence-corrected chi connectivity index (χ4v) is 8.11. The van der Waals surface area contributed by atoms with Crippen molar-refractivity contribution in [3.05, 3.63) is 65.7 Å². The number of nitrogens with one attached hydrogen (secondary N) is 3. The highest BCUT2D eigenvalue weighted by atomic mass is 19.1. The van der Waals surface area contributed by atoms with E-state index in [1.807, 2.05) is 13.0 Å². The molecule has 4 N–H and O–H groups in total. The van der Waals surface area contributed by atoms with Crippen molar-refractivity contribution >= 4 is 22.8 Å². The van der Waals surface area contributed by atoms with Crippen molar-refractivity contribution in [1.82, 2.24) is 30.1 Å². The first-order valence-electron chi connectivity index (χ1n) is 17.6. The number of urea groups is 1. The summed E-state index contributed by atoms with van der Waals surface area (Å²) in [5.41, 5.74) is 6.75. The molecule has 0 saturated carbocycles. The predicted molar refractivity (Wildman–Crippen MR) is 188 cm³/mol. The maximum absolute atomic E-state index is 15.1. The molecule has 1 spiro atoms. The Balaban J connectivity index is 1.06. The number of halogens is 1.